The van der Waals surface area contributed by atoms with E-state index >= 15 is 0 Å². The molecular formula is C15H28N2O. The third-order valence-electron chi connectivity index (χ3n) is 4.26. The van der Waals surface area contributed by atoms with Crippen molar-refractivity contribution in [2.75, 3.05) is 39.4 Å². The minimum atomic E-state index is 0.428. The molecule has 1 heterocycles. The van der Waals surface area contributed by atoms with Crippen molar-refractivity contribution in [1.29, 1.82) is 0 Å². The van der Waals surface area contributed by atoms with Crippen LogP contribution in [-0.4, -0.2) is 49.8 Å². The van der Waals surface area contributed by atoms with E-state index < -0.39 is 0 Å². The largest absolute Gasteiger partial charge is 0.380 e. The molecule has 0 unspecified atom stereocenters. The minimum absolute atomic E-state index is 0.428. The Balaban J connectivity index is 1.71. The molecule has 3 heteroatoms. The molecule has 3 nitrogen and oxygen atoms in total. The lowest BCUT2D eigenvalue weighted by Crippen LogP contribution is -2.49. The molecule has 0 amide bonds. The smallest absolute Gasteiger partial charge is 0.0593 e. The van der Waals surface area contributed by atoms with Crippen LogP contribution >= 0.6 is 0 Å². The summed E-state index contributed by atoms with van der Waals surface area (Å²) in [7, 11) is 0. The van der Waals surface area contributed by atoms with Crippen LogP contribution in [0.3, 0.4) is 0 Å². The van der Waals surface area contributed by atoms with Gasteiger partial charge >= 0.3 is 0 Å². The molecule has 1 spiro atoms. The number of ether oxygens (including phenoxy) is 1. The predicted octanol–water partition coefficient (Wildman–Crippen LogP) is 2.19. The Labute approximate surface area is 112 Å². The second kappa shape index (κ2) is 7.27. The number of rotatable bonds is 6. The molecule has 2 fully saturated rings. The van der Waals surface area contributed by atoms with Gasteiger partial charge in [0.1, 0.15) is 0 Å². The van der Waals surface area contributed by atoms with Crippen molar-refractivity contribution in [1.82, 2.24) is 10.2 Å². The van der Waals surface area contributed by atoms with Gasteiger partial charge in [0.05, 0.1) is 13.2 Å². The highest BCUT2D eigenvalue weighted by Crippen LogP contribution is 2.31. The molecule has 104 valence electrons. The van der Waals surface area contributed by atoms with Crippen LogP contribution in [0.25, 0.3) is 0 Å². The summed E-state index contributed by atoms with van der Waals surface area (Å²) in [5.74, 6) is 0. The first-order valence-electron chi connectivity index (χ1n) is 7.51. The highest BCUT2D eigenvalue weighted by atomic mass is 16.5. The summed E-state index contributed by atoms with van der Waals surface area (Å²) in [6.07, 6.45) is 9.68. The Morgan fingerprint density at radius 2 is 2.06 bits per heavy atom. The van der Waals surface area contributed by atoms with Gasteiger partial charge in [-0.25, -0.2) is 0 Å². The van der Waals surface area contributed by atoms with E-state index in [4.69, 9.17) is 4.74 Å². The van der Waals surface area contributed by atoms with E-state index in [1.807, 2.05) is 6.08 Å². The summed E-state index contributed by atoms with van der Waals surface area (Å²) < 4.78 is 5.64. The van der Waals surface area contributed by atoms with E-state index in [0.717, 1.165) is 26.2 Å². The van der Waals surface area contributed by atoms with Gasteiger partial charge in [0.2, 0.25) is 0 Å². The zero-order valence-corrected chi connectivity index (χ0v) is 11.6. The monoisotopic (exact) mass is 252 g/mol. The van der Waals surface area contributed by atoms with Crippen LogP contribution in [0.1, 0.15) is 38.5 Å². The van der Waals surface area contributed by atoms with Crippen LogP contribution < -0.4 is 5.32 Å². The number of nitrogens with zero attached hydrogens (tertiary/aromatic N) is 1. The quantitative estimate of drug-likeness (QED) is 0.579. The maximum Gasteiger partial charge on any atom is 0.0593 e. The normalized spacial score (nSPS) is 24.2. The Kier molecular flexibility index (Phi) is 5.67. The van der Waals surface area contributed by atoms with E-state index in [9.17, 15) is 0 Å². The van der Waals surface area contributed by atoms with Crippen molar-refractivity contribution >= 4 is 0 Å². The molecule has 1 aliphatic heterocycles. The van der Waals surface area contributed by atoms with E-state index in [1.54, 1.807) is 0 Å². The lowest BCUT2D eigenvalue weighted by atomic mass is 9.97. The van der Waals surface area contributed by atoms with Crippen LogP contribution in [-0.2, 0) is 4.74 Å². The molecule has 0 radical (unpaired) electrons. The van der Waals surface area contributed by atoms with Crippen molar-refractivity contribution in [3.63, 3.8) is 0 Å². The molecule has 1 aliphatic carbocycles. The maximum atomic E-state index is 5.64. The molecule has 1 N–H and O–H groups in total. The fourth-order valence-electron chi connectivity index (χ4n) is 3.26. The first kappa shape index (κ1) is 14.0. The average molecular weight is 252 g/mol. The van der Waals surface area contributed by atoms with E-state index in [1.165, 1.54) is 51.7 Å². The SMILES string of the molecule is C=CCCOCCN1CCCNC2(CCCC2)C1. The molecule has 0 aromatic heterocycles. The first-order valence-corrected chi connectivity index (χ1v) is 7.51. The Morgan fingerprint density at radius 1 is 1.22 bits per heavy atom. The minimum Gasteiger partial charge on any atom is -0.380 e. The zero-order valence-electron chi connectivity index (χ0n) is 11.6. The number of hydrogen-bond acceptors (Lipinski definition) is 3. The lowest BCUT2D eigenvalue weighted by Gasteiger charge is -2.33. The van der Waals surface area contributed by atoms with E-state index in [0.29, 0.717) is 5.54 Å². The Hall–Kier alpha value is -0.380. The maximum absolute atomic E-state index is 5.64. The standard InChI is InChI=1S/C15H28N2O/c1-2-3-12-18-13-11-17-10-6-9-16-15(14-17)7-4-5-8-15/h2,16H,1,3-14H2. The second-order valence-electron chi connectivity index (χ2n) is 5.73. The highest BCUT2D eigenvalue weighted by molar-refractivity contribution is 4.96. The lowest BCUT2D eigenvalue weighted by molar-refractivity contribution is 0.0989. The van der Waals surface area contributed by atoms with Gasteiger partial charge in [-0.2, -0.15) is 0 Å². The summed E-state index contributed by atoms with van der Waals surface area (Å²) in [6, 6.07) is 0. The molecule has 0 aromatic carbocycles. The topological polar surface area (TPSA) is 24.5 Å². The van der Waals surface area contributed by atoms with Crippen LogP contribution in [0.4, 0.5) is 0 Å². The summed E-state index contributed by atoms with van der Waals surface area (Å²) in [4.78, 5) is 2.60. The molecule has 2 aliphatic rings. The molecule has 1 saturated heterocycles. The van der Waals surface area contributed by atoms with Gasteiger partial charge in [-0.05, 0) is 38.8 Å². The van der Waals surface area contributed by atoms with Crippen molar-refractivity contribution in [3.8, 4) is 0 Å². The third kappa shape index (κ3) is 4.08. The molecule has 0 aromatic rings. The fraction of sp³-hybridized carbons (Fsp3) is 0.867. The van der Waals surface area contributed by atoms with E-state index in [2.05, 4.69) is 16.8 Å². The second-order valence-corrected chi connectivity index (χ2v) is 5.73. The van der Waals surface area contributed by atoms with Crippen molar-refractivity contribution in [3.05, 3.63) is 12.7 Å². The molecule has 0 bridgehead atoms. The van der Waals surface area contributed by atoms with Gasteiger partial charge in [-0.1, -0.05) is 18.9 Å². The van der Waals surface area contributed by atoms with Crippen LogP contribution in [0.2, 0.25) is 0 Å². The predicted molar refractivity (Wildman–Crippen MR) is 75.9 cm³/mol. The summed E-state index contributed by atoms with van der Waals surface area (Å²) >= 11 is 0. The molecular weight excluding hydrogens is 224 g/mol. The molecule has 18 heavy (non-hydrogen) atoms. The highest BCUT2D eigenvalue weighted by Gasteiger charge is 2.36. The van der Waals surface area contributed by atoms with Gasteiger partial charge < -0.3 is 10.1 Å². The average Bonchev–Trinajstić information content (AvgIpc) is 2.72. The Bertz CT molecular complexity index is 249. The zero-order chi connectivity index (χ0) is 12.7. The summed E-state index contributed by atoms with van der Waals surface area (Å²) in [5, 5.41) is 3.80. The van der Waals surface area contributed by atoms with Gasteiger partial charge in [0.25, 0.3) is 0 Å². The Morgan fingerprint density at radius 3 is 2.83 bits per heavy atom. The number of hydrogen-bond donors (Lipinski definition) is 1. The molecule has 2 rings (SSSR count). The van der Waals surface area contributed by atoms with Crippen LogP contribution in [0, 0.1) is 0 Å². The van der Waals surface area contributed by atoms with Crippen LogP contribution in [0.5, 0.6) is 0 Å². The fourth-order valence-corrected chi connectivity index (χ4v) is 3.26. The summed E-state index contributed by atoms with van der Waals surface area (Å²) in [5.41, 5.74) is 0.428. The molecule has 1 saturated carbocycles. The van der Waals surface area contributed by atoms with Crippen LogP contribution in [0.15, 0.2) is 12.7 Å². The van der Waals surface area contributed by atoms with Crippen molar-refractivity contribution in [2.24, 2.45) is 0 Å². The third-order valence-corrected chi connectivity index (χ3v) is 4.26. The van der Waals surface area contributed by atoms with Gasteiger partial charge in [0.15, 0.2) is 0 Å². The van der Waals surface area contributed by atoms with Gasteiger partial charge in [-0.15, -0.1) is 6.58 Å². The van der Waals surface area contributed by atoms with Crippen molar-refractivity contribution in [2.45, 2.75) is 44.1 Å². The van der Waals surface area contributed by atoms with Gasteiger partial charge in [-0.3, -0.25) is 4.90 Å². The van der Waals surface area contributed by atoms with E-state index in [-0.39, 0.29) is 0 Å². The summed E-state index contributed by atoms with van der Waals surface area (Å²) in [6.45, 7) is 10.1. The van der Waals surface area contributed by atoms with Gasteiger partial charge in [0, 0.05) is 18.6 Å². The number of nitrogens with one attached hydrogen (secondary N) is 1. The van der Waals surface area contributed by atoms with Crippen molar-refractivity contribution < 1.29 is 4.74 Å². The first-order chi connectivity index (χ1) is 8.85. The molecule has 0 atom stereocenters.